The van der Waals surface area contributed by atoms with Crippen molar-refractivity contribution in [2.75, 3.05) is 25.6 Å². The molecule has 24 heavy (non-hydrogen) atoms. The standard InChI is InChI=1S/C19H22N2O3/c1-24-16-10-8-14(9-11-16)17-6-2-3-7-18(17)20-19(23)21-12-4-5-15(21)13-22/h2-3,6-11,15,22H,4-5,12-13H2,1H3,(H,20,23). The van der Waals surface area contributed by atoms with E-state index in [-0.39, 0.29) is 18.7 Å². The van der Waals surface area contributed by atoms with Crippen LogP contribution in [0.1, 0.15) is 12.8 Å². The van der Waals surface area contributed by atoms with Crippen LogP contribution in [0.2, 0.25) is 0 Å². The van der Waals surface area contributed by atoms with Crippen molar-refractivity contribution in [1.82, 2.24) is 4.90 Å². The monoisotopic (exact) mass is 326 g/mol. The number of aliphatic hydroxyl groups is 1. The van der Waals surface area contributed by atoms with Gasteiger partial charge >= 0.3 is 6.03 Å². The van der Waals surface area contributed by atoms with Gasteiger partial charge in [0.2, 0.25) is 0 Å². The second kappa shape index (κ2) is 7.36. The lowest BCUT2D eigenvalue weighted by atomic mass is 10.0. The molecule has 1 atom stereocenters. The molecule has 5 heteroatoms. The van der Waals surface area contributed by atoms with E-state index in [1.54, 1.807) is 12.0 Å². The highest BCUT2D eigenvalue weighted by Crippen LogP contribution is 2.30. The van der Waals surface area contributed by atoms with Crippen molar-refractivity contribution in [3.63, 3.8) is 0 Å². The number of hydrogen-bond acceptors (Lipinski definition) is 3. The number of rotatable bonds is 4. The van der Waals surface area contributed by atoms with Gasteiger partial charge in [0.05, 0.1) is 25.4 Å². The fourth-order valence-corrected chi connectivity index (χ4v) is 3.09. The summed E-state index contributed by atoms with van der Waals surface area (Å²) >= 11 is 0. The highest BCUT2D eigenvalue weighted by atomic mass is 16.5. The number of nitrogens with one attached hydrogen (secondary N) is 1. The minimum Gasteiger partial charge on any atom is -0.497 e. The van der Waals surface area contributed by atoms with Gasteiger partial charge < -0.3 is 20.1 Å². The second-order valence-electron chi connectivity index (χ2n) is 5.88. The third-order valence-electron chi connectivity index (χ3n) is 4.42. The Kier molecular flexibility index (Phi) is 5.01. The average molecular weight is 326 g/mol. The van der Waals surface area contributed by atoms with Gasteiger partial charge in [0.1, 0.15) is 5.75 Å². The maximum atomic E-state index is 12.6. The average Bonchev–Trinajstić information content (AvgIpc) is 3.11. The molecule has 1 unspecified atom stereocenters. The zero-order valence-electron chi connectivity index (χ0n) is 13.7. The quantitative estimate of drug-likeness (QED) is 0.906. The zero-order chi connectivity index (χ0) is 16.9. The lowest BCUT2D eigenvalue weighted by molar-refractivity contribution is 0.166. The molecule has 0 aliphatic carbocycles. The number of hydrogen-bond donors (Lipinski definition) is 2. The van der Waals surface area contributed by atoms with Gasteiger partial charge in [-0.05, 0) is 36.6 Å². The van der Waals surface area contributed by atoms with Crippen molar-refractivity contribution >= 4 is 11.7 Å². The molecule has 3 rings (SSSR count). The van der Waals surface area contributed by atoms with E-state index in [0.717, 1.165) is 35.4 Å². The van der Waals surface area contributed by atoms with Crippen LogP contribution in [0.25, 0.3) is 11.1 Å². The van der Waals surface area contributed by atoms with Gasteiger partial charge in [-0.3, -0.25) is 0 Å². The van der Waals surface area contributed by atoms with Crippen molar-refractivity contribution in [3.05, 3.63) is 48.5 Å². The van der Waals surface area contributed by atoms with Gasteiger partial charge in [-0.15, -0.1) is 0 Å². The molecule has 2 amide bonds. The second-order valence-corrected chi connectivity index (χ2v) is 5.88. The van der Waals surface area contributed by atoms with Crippen molar-refractivity contribution in [3.8, 4) is 16.9 Å². The number of ether oxygens (including phenoxy) is 1. The summed E-state index contributed by atoms with van der Waals surface area (Å²) in [5.74, 6) is 0.795. The van der Waals surface area contributed by atoms with Gasteiger partial charge in [0, 0.05) is 12.1 Å². The number of urea groups is 1. The molecule has 1 fully saturated rings. The first-order valence-electron chi connectivity index (χ1n) is 8.15. The van der Waals surface area contributed by atoms with E-state index in [1.165, 1.54) is 0 Å². The highest BCUT2D eigenvalue weighted by Gasteiger charge is 2.28. The molecule has 2 aromatic carbocycles. The Morgan fingerprint density at radius 2 is 2.00 bits per heavy atom. The van der Waals surface area contributed by atoms with Crippen LogP contribution in [-0.2, 0) is 0 Å². The third-order valence-corrected chi connectivity index (χ3v) is 4.42. The molecule has 0 saturated carbocycles. The number of methoxy groups -OCH3 is 1. The maximum Gasteiger partial charge on any atom is 0.322 e. The van der Waals surface area contributed by atoms with Gasteiger partial charge in [0.25, 0.3) is 0 Å². The van der Waals surface area contributed by atoms with Crippen molar-refractivity contribution in [2.24, 2.45) is 0 Å². The molecular formula is C19H22N2O3. The number of anilines is 1. The predicted octanol–water partition coefficient (Wildman–Crippen LogP) is 3.35. The topological polar surface area (TPSA) is 61.8 Å². The normalized spacial score (nSPS) is 16.9. The molecule has 1 heterocycles. The van der Waals surface area contributed by atoms with E-state index in [1.807, 2.05) is 48.5 Å². The van der Waals surface area contributed by atoms with Crippen molar-refractivity contribution in [1.29, 1.82) is 0 Å². The Morgan fingerprint density at radius 1 is 1.25 bits per heavy atom. The van der Waals surface area contributed by atoms with E-state index < -0.39 is 0 Å². The molecule has 0 bridgehead atoms. The number of likely N-dealkylation sites (tertiary alicyclic amines) is 1. The molecule has 0 aromatic heterocycles. The molecule has 2 N–H and O–H groups in total. The Bertz CT molecular complexity index is 700. The minimum atomic E-state index is -0.160. The largest absolute Gasteiger partial charge is 0.497 e. The molecule has 1 aliphatic rings. The summed E-state index contributed by atoms with van der Waals surface area (Å²) < 4.78 is 5.19. The van der Waals surface area contributed by atoms with Gasteiger partial charge in [0.15, 0.2) is 0 Å². The fraction of sp³-hybridized carbons (Fsp3) is 0.316. The molecule has 0 radical (unpaired) electrons. The number of nitrogens with zero attached hydrogens (tertiary/aromatic N) is 1. The van der Waals surface area contributed by atoms with Crippen LogP contribution >= 0.6 is 0 Å². The summed E-state index contributed by atoms with van der Waals surface area (Å²) in [5, 5.41) is 12.4. The Hall–Kier alpha value is -2.53. The first-order chi connectivity index (χ1) is 11.7. The third kappa shape index (κ3) is 3.36. The maximum absolute atomic E-state index is 12.6. The zero-order valence-corrected chi connectivity index (χ0v) is 13.7. The molecule has 1 aliphatic heterocycles. The minimum absolute atomic E-state index is 0.00749. The fourth-order valence-electron chi connectivity index (χ4n) is 3.09. The summed E-state index contributed by atoms with van der Waals surface area (Å²) in [5.41, 5.74) is 2.72. The summed E-state index contributed by atoms with van der Waals surface area (Å²) in [6.45, 7) is 0.690. The van der Waals surface area contributed by atoms with Crippen LogP contribution in [-0.4, -0.2) is 42.3 Å². The molecule has 0 spiro atoms. The van der Waals surface area contributed by atoms with Crippen LogP contribution in [0.3, 0.4) is 0 Å². The van der Waals surface area contributed by atoms with Crippen LogP contribution < -0.4 is 10.1 Å². The van der Waals surface area contributed by atoms with E-state index in [9.17, 15) is 9.90 Å². The number of benzene rings is 2. The first-order valence-corrected chi connectivity index (χ1v) is 8.15. The SMILES string of the molecule is COc1ccc(-c2ccccc2NC(=O)N2CCCC2CO)cc1. The summed E-state index contributed by atoms with van der Waals surface area (Å²) in [4.78, 5) is 14.3. The Morgan fingerprint density at radius 3 is 2.71 bits per heavy atom. The summed E-state index contributed by atoms with van der Waals surface area (Å²) in [6.07, 6.45) is 1.78. The van der Waals surface area contributed by atoms with Crippen LogP contribution in [0.15, 0.2) is 48.5 Å². The number of amides is 2. The van der Waals surface area contributed by atoms with Crippen LogP contribution in [0.4, 0.5) is 10.5 Å². The summed E-state index contributed by atoms with van der Waals surface area (Å²) in [6, 6.07) is 15.2. The first kappa shape index (κ1) is 16.3. The van der Waals surface area contributed by atoms with E-state index in [2.05, 4.69) is 5.32 Å². The van der Waals surface area contributed by atoms with E-state index in [0.29, 0.717) is 6.54 Å². The lowest BCUT2D eigenvalue weighted by Crippen LogP contribution is -2.40. The number of carbonyl (C=O) groups excluding carboxylic acids is 1. The summed E-state index contributed by atoms with van der Waals surface area (Å²) in [7, 11) is 1.64. The van der Waals surface area contributed by atoms with Crippen molar-refractivity contribution in [2.45, 2.75) is 18.9 Å². The van der Waals surface area contributed by atoms with Gasteiger partial charge in [-0.1, -0.05) is 30.3 Å². The highest BCUT2D eigenvalue weighted by molar-refractivity contribution is 5.94. The Balaban J connectivity index is 1.82. The van der Waals surface area contributed by atoms with E-state index in [4.69, 9.17) is 4.74 Å². The predicted molar refractivity (Wildman–Crippen MR) is 94.3 cm³/mol. The molecule has 5 nitrogen and oxygen atoms in total. The smallest absolute Gasteiger partial charge is 0.322 e. The Labute approximate surface area is 141 Å². The number of para-hydroxylation sites is 1. The molecule has 126 valence electrons. The molecular weight excluding hydrogens is 304 g/mol. The molecule has 1 saturated heterocycles. The lowest BCUT2D eigenvalue weighted by Gasteiger charge is -2.24. The van der Waals surface area contributed by atoms with Crippen molar-refractivity contribution < 1.29 is 14.6 Å². The number of aliphatic hydroxyl groups excluding tert-OH is 1. The van der Waals surface area contributed by atoms with Gasteiger partial charge in [-0.2, -0.15) is 0 Å². The van der Waals surface area contributed by atoms with E-state index >= 15 is 0 Å². The number of carbonyl (C=O) groups is 1. The van der Waals surface area contributed by atoms with Crippen LogP contribution in [0, 0.1) is 0 Å². The molecule has 2 aromatic rings. The van der Waals surface area contributed by atoms with Crippen LogP contribution in [0.5, 0.6) is 5.75 Å². The van der Waals surface area contributed by atoms with Gasteiger partial charge in [-0.25, -0.2) is 4.79 Å².